The van der Waals surface area contributed by atoms with E-state index >= 15 is 0 Å². The van der Waals surface area contributed by atoms with Crippen LogP contribution >= 0.6 is 0 Å². The van der Waals surface area contributed by atoms with Crippen molar-refractivity contribution in [2.24, 2.45) is 0 Å². The van der Waals surface area contributed by atoms with Gasteiger partial charge in [0.1, 0.15) is 18.9 Å². The molecule has 0 N–H and O–H groups in total. The van der Waals surface area contributed by atoms with Gasteiger partial charge in [-0.25, -0.2) is 15.0 Å². The van der Waals surface area contributed by atoms with Gasteiger partial charge in [-0.15, -0.1) is 0 Å². The van der Waals surface area contributed by atoms with Crippen LogP contribution < -0.4 is 0 Å². The van der Waals surface area contributed by atoms with E-state index in [4.69, 9.17) is 0 Å². The maximum atomic E-state index is 13.0. The maximum absolute atomic E-state index is 13.0. The molecule has 1 saturated carbocycles. The van der Waals surface area contributed by atoms with E-state index in [1.165, 1.54) is 4.70 Å². The van der Waals surface area contributed by atoms with Crippen molar-refractivity contribution in [2.45, 2.75) is 44.7 Å². The van der Waals surface area contributed by atoms with Crippen LogP contribution in [0.4, 0.5) is 0 Å². The highest BCUT2D eigenvalue weighted by atomic mass is 16.2. The van der Waals surface area contributed by atoms with Crippen molar-refractivity contribution in [3.63, 3.8) is 0 Å². The van der Waals surface area contributed by atoms with Gasteiger partial charge in [-0.3, -0.25) is 9.36 Å². The van der Waals surface area contributed by atoms with Crippen LogP contribution in [-0.4, -0.2) is 60.2 Å². The zero-order valence-corrected chi connectivity index (χ0v) is 14.2. The third-order valence-electron chi connectivity index (χ3n) is 4.94. The number of aryl methyl sites for hydroxylation is 1. The Morgan fingerprint density at radius 1 is 1.16 bits per heavy atom. The second-order valence-electron chi connectivity index (χ2n) is 6.74. The number of amides is 1. The Kier molecular flexibility index (Phi) is 4.03. The van der Waals surface area contributed by atoms with Gasteiger partial charge in [-0.2, -0.15) is 0 Å². The van der Waals surface area contributed by atoms with E-state index in [1.807, 2.05) is 11.8 Å². The lowest BCUT2D eigenvalue weighted by Crippen LogP contribution is -2.46. The molecule has 1 amide bonds. The van der Waals surface area contributed by atoms with E-state index in [0.717, 1.165) is 31.5 Å². The first-order chi connectivity index (χ1) is 12.1. The first-order valence-electron chi connectivity index (χ1n) is 8.72. The monoisotopic (exact) mass is 339 g/mol. The van der Waals surface area contributed by atoms with E-state index in [0.29, 0.717) is 30.6 Å². The van der Waals surface area contributed by atoms with Gasteiger partial charge in [-0.1, -0.05) is 0 Å². The fourth-order valence-corrected chi connectivity index (χ4v) is 3.41. The molecule has 8 nitrogen and oxygen atoms in total. The van der Waals surface area contributed by atoms with Crippen LogP contribution in [0.1, 0.15) is 41.9 Å². The van der Waals surface area contributed by atoms with Gasteiger partial charge in [0.15, 0.2) is 0 Å². The standard InChI is InChI=1S/C17H21N7O/c1-12-19-6-9-23(12)17-20-10-13(11-21-17)16(25)24(14-2-3-14)15-4-7-22(18)8-5-15/h6,9-11,14-15H,2-5,7-8H2,1H3. The number of carbonyl (C=O) groups excluding carboxylic acids is 1. The fourth-order valence-electron chi connectivity index (χ4n) is 3.41. The Bertz CT molecular complexity index is 784. The van der Waals surface area contributed by atoms with Crippen LogP contribution in [-0.2, 0) is 0 Å². The molecule has 8 heteroatoms. The molecule has 1 saturated heterocycles. The predicted molar refractivity (Wildman–Crippen MR) is 89.5 cm³/mol. The number of hydrogen-bond acceptors (Lipinski definition) is 4. The number of hydrogen-bond donors (Lipinski definition) is 0. The smallest absolute Gasteiger partial charge is 0.257 e. The molecule has 25 heavy (non-hydrogen) atoms. The summed E-state index contributed by atoms with van der Waals surface area (Å²) in [6, 6.07) is 0.497. The number of nitrogens with zero attached hydrogens (tertiary/aromatic N) is 7. The highest BCUT2D eigenvalue weighted by molar-refractivity contribution is 5.94. The number of rotatable bonds is 4. The average molecular weight is 339 g/mol. The van der Waals surface area contributed by atoms with Crippen molar-refractivity contribution in [2.75, 3.05) is 13.1 Å². The summed E-state index contributed by atoms with van der Waals surface area (Å²) in [6.45, 7) is 3.10. The van der Waals surface area contributed by atoms with Crippen LogP contribution in [0.2, 0.25) is 0 Å². The van der Waals surface area contributed by atoms with E-state index in [2.05, 4.69) is 15.0 Å². The number of piperidine rings is 1. The van der Waals surface area contributed by atoms with E-state index in [9.17, 15) is 10.3 Å². The van der Waals surface area contributed by atoms with Crippen LogP contribution in [0.5, 0.6) is 0 Å². The number of carbonyl (C=O) groups is 1. The van der Waals surface area contributed by atoms with Gasteiger partial charge in [0, 0.05) is 49.7 Å². The van der Waals surface area contributed by atoms with E-state index in [-0.39, 0.29) is 11.9 Å². The molecular formula is C17H21N7O. The molecule has 0 radical (unpaired) electrons. The largest absolute Gasteiger partial charge is 0.507 e. The highest BCUT2D eigenvalue weighted by Crippen LogP contribution is 2.32. The summed E-state index contributed by atoms with van der Waals surface area (Å²) in [7, 11) is 0. The maximum Gasteiger partial charge on any atom is 0.257 e. The molecule has 2 aromatic heterocycles. The van der Waals surface area contributed by atoms with Crippen molar-refractivity contribution in [1.82, 2.24) is 24.4 Å². The molecule has 1 aliphatic carbocycles. The zero-order valence-electron chi connectivity index (χ0n) is 14.2. The Morgan fingerprint density at radius 3 is 2.36 bits per heavy atom. The lowest BCUT2D eigenvalue weighted by atomic mass is 10.0. The molecule has 0 unspecified atom stereocenters. The van der Waals surface area contributed by atoms with Gasteiger partial charge >= 0.3 is 0 Å². The van der Waals surface area contributed by atoms with E-state index in [1.54, 1.807) is 29.4 Å². The first kappa shape index (κ1) is 15.9. The van der Waals surface area contributed by atoms with Gasteiger partial charge in [0.25, 0.3) is 5.91 Å². The average Bonchev–Trinajstić information content (AvgIpc) is 3.37. The molecule has 2 aliphatic rings. The lowest BCUT2D eigenvalue weighted by molar-refractivity contribution is -0.560. The minimum absolute atomic E-state index is 0.00667. The van der Waals surface area contributed by atoms with Gasteiger partial charge in [0.2, 0.25) is 5.95 Å². The Morgan fingerprint density at radius 2 is 1.80 bits per heavy atom. The van der Waals surface area contributed by atoms with Crippen LogP contribution in [0.25, 0.3) is 11.5 Å². The Labute approximate surface area is 146 Å². The molecule has 130 valence electrons. The molecule has 1 aliphatic heterocycles. The molecule has 2 aromatic rings. The minimum atomic E-state index is -0.00667. The second-order valence-corrected chi connectivity index (χ2v) is 6.74. The summed E-state index contributed by atoms with van der Waals surface area (Å²) in [6.07, 6.45) is 10.4. The van der Waals surface area contributed by atoms with Gasteiger partial charge < -0.3 is 15.1 Å². The van der Waals surface area contributed by atoms with Gasteiger partial charge in [-0.05, 0) is 19.8 Å². The topological polar surface area (TPSA) is 89.2 Å². The van der Waals surface area contributed by atoms with Crippen molar-refractivity contribution < 1.29 is 9.49 Å². The van der Waals surface area contributed by atoms with E-state index < -0.39 is 0 Å². The summed E-state index contributed by atoms with van der Waals surface area (Å²) in [5.74, 6) is 1.31. The molecule has 0 atom stereocenters. The highest BCUT2D eigenvalue weighted by Gasteiger charge is 2.39. The zero-order chi connectivity index (χ0) is 17.4. The summed E-state index contributed by atoms with van der Waals surface area (Å²) in [5, 5.41) is 0. The van der Waals surface area contributed by atoms with Crippen LogP contribution in [0.15, 0.2) is 24.8 Å². The van der Waals surface area contributed by atoms with Crippen molar-refractivity contribution in [1.29, 1.82) is 0 Å². The SMILES string of the molecule is Cc1nccn1-c1ncc(C(=O)N(C2CC2)C2CC[N+](=[N-])CC2)cn1. The van der Waals surface area contributed by atoms with Crippen LogP contribution in [0.3, 0.4) is 0 Å². The van der Waals surface area contributed by atoms with Crippen molar-refractivity contribution >= 4 is 5.91 Å². The molecule has 0 aromatic carbocycles. The quantitative estimate of drug-likeness (QED) is 0.794. The summed E-state index contributed by atoms with van der Waals surface area (Å²) in [4.78, 5) is 27.9. The number of aromatic nitrogens is 4. The summed E-state index contributed by atoms with van der Waals surface area (Å²) >= 11 is 0. The van der Waals surface area contributed by atoms with Gasteiger partial charge in [0.05, 0.1) is 5.56 Å². The first-order valence-corrected chi connectivity index (χ1v) is 8.72. The fraction of sp³-hybridized carbons (Fsp3) is 0.529. The lowest BCUT2D eigenvalue weighted by Gasteiger charge is -2.34. The predicted octanol–water partition coefficient (Wildman–Crippen LogP) is 1.77. The molecule has 3 heterocycles. The normalized spacial score (nSPS) is 18.4. The molecule has 2 fully saturated rings. The minimum Gasteiger partial charge on any atom is -0.507 e. The molecule has 0 bridgehead atoms. The molecule has 4 rings (SSSR count). The number of imidazole rings is 1. The van der Waals surface area contributed by atoms with Crippen molar-refractivity contribution in [3.05, 3.63) is 41.7 Å². The molecule has 0 spiro atoms. The summed E-state index contributed by atoms with van der Waals surface area (Å²) < 4.78 is 3.11. The Balaban J connectivity index is 1.54. The van der Waals surface area contributed by atoms with Crippen molar-refractivity contribution in [3.8, 4) is 5.95 Å². The van der Waals surface area contributed by atoms with Crippen LogP contribution in [0, 0.1) is 6.92 Å². The third-order valence-corrected chi connectivity index (χ3v) is 4.94. The second kappa shape index (κ2) is 6.34. The third kappa shape index (κ3) is 3.16. The molecular weight excluding hydrogens is 318 g/mol. The Hall–Kier alpha value is -2.64. The summed E-state index contributed by atoms with van der Waals surface area (Å²) in [5.41, 5.74) is 10.1.